The maximum Gasteiger partial charge on any atom is 0.472 e. The molecular weight excluding hydrogens is 1290 g/mol. The van der Waals surface area contributed by atoms with Crippen molar-refractivity contribution in [2.24, 2.45) is 23.7 Å². The number of carbonyl (C=O) groups is 4. The van der Waals surface area contributed by atoms with E-state index in [4.69, 9.17) is 37.0 Å². The maximum atomic E-state index is 13.1. The van der Waals surface area contributed by atoms with Gasteiger partial charge in [-0.3, -0.25) is 37.3 Å². The number of aliphatic hydroxyl groups excluding tert-OH is 1. The van der Waals surface area contributed by atoms with Crippen LogP contribution in [-0.2, 0) is 65.4 Å². The Hall–Kier alpha value is -1.94. The number of rotatable bonds is 77. The van der Waals surface area contributed by atoms with E-state index in [-0.39, 0.29) is 25.7 Å². The van der Waals surface area contributed by atoms with Crippen molar-refractivity contribution in [2.45, 2.75) is 427 Å². The van der Waals surface area contributed by atoms with Crippen LogP contribution in [0.4, 0.5) is 0 Å². The molecule has 17 nitrogen and oxygen atoms in total. The summed E-state index contributed by atoms with van der Waals surface area (Å²) in [6.45, 7) is 14.3. The highest BCUT2D eigenvalue weighted by Crippen LogP contribution is 2.45. The van der Waals surface area contributed by atoms with Gasteiger partial charge in [0.05, 0.1) is 26.4 Å². The molecule has 99 heavy (non-hydrogen) atoms. The lowest BCUT2D eigenvalue weighted by Crippen LogP contribution is -2.30. The first-order valence-electron chi connectivity index (χ1n) is 41.3. The van der Waals surface area contributed by atoms with E-state index in [0.717, 1.165) is 120 Å². The van der Waals surface area contributed by atoms with Crippen molar-refractivity contribution in [1.82, 2.24) is 0 Å². The van der Waals surface area contributed by atoms with Gasteiger partial charge in [-0.2, -0.15) is 0 Å². The fraction of sp³-hybridized carbons (Fsp3) is 0.950. The van der Waals surface area contributed by atoms with Crippen LogP contribution < -0.4 is 0 Å². The van der Waals surface area contributed by atoms with Crippen LogP contribution in [0.25, 0.3) is 0 Å². The number of esters is 4. The number of hydrogen-bond acceptors (Lipinski definition) is 15. The van der Waals surface area contributed by atoms with E-state index in [9.17, 15) is 43.2 Å². The van der Waals surface area contributed by atoms with Gasteiger partial charge in [0.15, 0.2) is 12.2 Å². The van der Waals surface area contributed by atoms with Gasteiger partial charge >= 0.3 is 39.5 Å². The third-order valence-corrected chi connectivity index (χ3v) is 21.2. The molecule has 0 spiro atoms. The van der Waals surface area contributed by atoms with E-state index in [1.54, 1.807) is 0 Å². The van der Waals surface area contributed by atoms with E-state index < -0.39 is 97.5 Å². The molecule has 0 saturated heterocycles. The topological polar surface area (TPSA) is 237 Å². The molecule has 0 aromatic carbocycles. The van der Waals surface area contributed by atoms with Crippen molar-refractivity contribution in [3.8, 4) is 0 Å². The fourth-order valence-corrected chi connectivity index (χ4v) is 13.8. The highest BCUT2D eigenvalue weighted by Gasteiger charge is 2.30. The SMILES string of the molecule is CCC(C)CCCCCCCCCCC(=O)OC[C@H](COP(=O)(O)OC[C@@H](O)COP(=O)(O)OC[C@@H](COC(=O)CCCCCCCCC(C)CC)OC(=O)CCCCCCCCCCCCCCCCCC(C)C)OC(=O)CCCCCCCCCCCCCCCCCCC(C)C. The van der Waals surface area contributed by atoms with Gasteiger partial charge in [-0.15, -0.1) is 0 Å². The Balaban J connectivity index is 5.22. The van der Waals surface area contributed by atoms with E-state index in [1.807, 2.05) is 0 Å². The van der Waals surface area contributed by atoms with Gasteiger partial charge in [-0.05, 0) is 49.4 Å². The van der Waals surface area contributed by atoms with Crippen LogP contribution in [0, 0.1) is 23.7 Å². The highest BCUT2D eigenvalue weighted by atomic mass is 31.2. The summed E-state index contributed by atoms with van der Waals surface area (Å²) in [6, 6.07) is 0. The summed E-state index contributed by atoms with van der Waals surface area (Å²) in [5.74, 6) is 1.00. The minimum absolute atomic E-state index is 0.106. The van der Waals surface area contributed by atoms with Crippen LogP contribution in [0.1, 0.15) is 409 Å². The number of carbonyl (C=O) groups excluding carboxylic acids is 4. The molecule has 0 bridgehead atoms. The van der Waals surface area contributed by atoms with Crippen molar-refractivity contribution in [2.75, 3.05) is 39.6 Å². The first-order chi connectivity index (χ1) is 47.7. The zero-order valence-corrected chi connectivity index (χ0v) is 66.9. The van der Waals surface area contributed by atoms with Crippen LogP contribution in [0.2, 0.25) is 0 Å². The second-order valence-electron chi connectivity index (χ2n) is 30.2. The molecule has 3 N–H and O–H groups in total. The predicted molar refractivity (Wildman–Crippen MR) is 404 cm³/mol. The summed E-state index contributed by atoms with van der Waals surface area (Å²) >= 11 is 0. The Kier molecular flexibility index (Phi) is 67.8. The Bertz CT molecular complexity index is 1940. The van der Waals surface area contributed by atoms with Crippen molar-refractivity contribution in [1.29, 1.82) is 0 Å². The van der Waals surface area contributed by atoms with Crippen LogP contribution in [0.15, 0.2) is 0 Å². The van der Waals surface area contributed by atoms with Gasteiger partial charge in [0.1, 0.15) is 19.3 Å². The molecule has 0 saturated carbocycles. The van der Waals surface area contributed by atoms with E-state index in [2.05, 4.69) is 55.4 Å². The Labute approximate surface area is 607 Å². The monoisotopic (exact) mass is 1450 g/mol. The predicted octanol–water partition coefficient (Wildman–Crippen LogP) is 23.6. The zero-order chi connectivity index (χ0) is 73.1. The summed E-state index contributed by atoms with van der Waals surface area (Å²) in [4.78, 5) is 73.0. The number of aliphatic hydroxyl groups is 1. The van der Waals surface area contributed by atoms with E-state index in [1.165, 1.54) is 205 Å². The lowest BCUT2D eigenvalue weighted by atomic mass is 9.99. The molecule has 0 radical (unpaired) electrons. The second kappa shape index (κ2) is 69.1. The summed E-state index contributed by atoms with van der Waals surface area (Å²) in [5.41, 5.74) is 0. The summed E-state index contributed by atoms with van der Waals surface area (Å²) < 4.78 is 68.7. The number of ether oxygens (including phenoxy) is 4. The standard InChI is InChI=1S/C80H156O17P2/c1-9-72(7)58-50-42-34-30-31-35-44-52-60-77(82)90-66-75(96-79(84)62-54-46-36-28-24-20-16-12-11-14-18-22-26-32-40-48-56-70(3)4)68-94-98(86,87)92-64-74(81)65-93-99(88,89)95-69-76(67-91-78(83)61-53-45-39-38-43-51-59-73(8)10-2)97-80(85)63-55-47-37-29-25-21-17-13-15-19-23-27-33-41-49-57-71(5)6/h70-76,81H,9-69H2,1-8H3,(H,86,87)(H,88,89)/t72?,73?,74-,75-,76-/m1/s1. The number of phosphoric acid groups is 2. The van der Waals surface area contributed by atoms with Crippen LogP contribution >= 0.6 is 15.6 Å². The summed E-state index contributed by atoms with van der Waals surface area (Å²) in [6.07, 6.45) is 55.5. The number of phosphoric ester groups is 2. The summed E-state index contributed by atoms with van der Waals surface area (Å²) in [5, 5.41) is 10.6. The minimum Gasteiger partial charge on any atom is -0.462 e. The molecular formula is C80H156O17P2. The van der Waals surface area contributed by atoms with Gasteiger partial charge in [-0.25, -0.2) is 9.13 Å². The van der Waals surface area contributed by atoms with Crippen LogP contribution in [0.5, 0.6) is 0 Å². The molecule has 0 amide bonds. The van der Waals surface area contributed by atoms with Crippen molar-refractivity contribution < 1.29 is 80.2 Å². The molecule has 0 aromatic rings. The molecule has 19 heteroatoms. The fourth-order valence-electron chi connectivity index (χ4n) is 12.2. The normalized spacial score (nSPS) is 14.6. The molecule has 588 valence electrons. The third kappa shape index (κ3) is 71.5. The summed E-state index contributed by atoms with van der Waals surface area (Å²) in [7, 11) is -9.92. The van der Waals surface area contributed by atoms with Crippen molar-refractivity contribution in [3.63, 3.8) is 0 Å². The average molecular weight is 1450 g/mol. The third-order valence-electron chi connectivity index (χ3n) is 19.3. The Morgan fingerprint density at radius 1 is 0.283 bits per heavy atom. The Morgan fingerprint density at radius 2 is 0.485 bits per heavy atom. The van der Waals surface area contributed by atoms with Crippen molar-refractivity contribution >= 4 is 39.5 Å². The zero-order valence-electron chi connectivity index (χ0n) is 65.1. The average Bonchev–Trinajstić information content (AvgIpc) is 0.957. The largest absolute Gasteiger partial charge is 0.472 e. The molecule has 0 rings (SSSR count). The van der Waals surface area contributed by atoms with Crippen molar-refractivity contribution in [3.05, 3.63) is 0 Å². The molecule has 0 aliphatic rings. The molecule has 0 heterocycles. The lowest BCUT2D eigenvalue weighted by Gasteiger charge is -2.21. The van der Waals surface area contributed by atoms with Gasteiger partial charge in [0.25, 0.3) is 0 Å². The van der Waals surface area contributed by atoms with E-state index in [0.29, 0.717) is 25.7 Å². The number of hydrogen-bond donors (Lipinski definition) is 3. The molecule has 7 atom stereocenters. The second-order valence-corrected chi connectivity index (χ2v) is 33.1. The number of unbranched alkanes of at least 4 members (excludes halogenated alkanes) is 41. The van der Waals surface area contributed by atoms with Crippen LogP contribution in [0.3, 0.4) is 0 Å². The van der Waals surface area contributed by atoms with Gasteiger partial charge < -0.3 is 33.8 Å². The molecule has 0 aliphatic carbocycles. The quantitative estimate of drug-likeness (QED) is 0.0222. The van der Waals surface area contributed by atoms with Gasteiger partial charge in [-0.1, -0.05) is 357 Å². The van der Waals surface area contributed by atoms with Gasteiger partial charge in [0.2, 0.25) is 0 Å². The molecule has 0 aliphatic heterocycles. The van der Waals surface area contributed by atoms with E-state index >= 15 is 0 Å². The molecule has 0 aromatic heterocycles. The molecule has 4 unspecified atom stereocenters. The maximum absolute atomic E-state index is 13.1. The van der Waals surface area contributed by atoms with Gasteiger partial charge in [0, 0.05) is 25.7 Å². The minimum atomic E-state index is -4.96. The lowest BCUT2D eigenvalue weighted by molar-refractivity contribution is -0.161. The smallest absolute Gasteiger partial charge is 0.462 e. The first-order valence-corrected chi connectivity index (χ1v) is 44.3. The Morgan fingerprint density at radius 3 is 0.717 bits per heavy atom. The molecule has 0 fully saturated rings. The first kappa shape index (κ1) is 97.1. The highest BCUT2D eigenvalue weighted by molar-refractivity contribution is 7.47. The van der Waals surface area contributed by atoms with Crippen LogP contribution in [-0.4, -0.2) is 96.7 Å².